The van der Waals surface area contributed by atoms with Gasteiger partial charge in [-0.05, 0) is 42.7 Å². The standard InChI is InChI=1S/C32H31N5O2/c1-23-10-6-8-14-27(23)37-20-26(25-12-4-3-5-13-25)30-31(33-22-34-32(30)37)36-18-16-35(17-19-36)29(38)21-39-28-15-9-7-11-24(28)2/h3-15,20,22H,16-19,21H2,1-2H3. The number of carbonyl (C=O) groups is 1. The Hall–Kier alpha value is -4.65. The number of nitrogens with zero attached hydrogens (tertiary/aromatic N) is 5. The van der Waals surface area contributed by atoms with Gasteiger partial charge >= 0.3 is 0 Å². The van der Waals surface area contributed by atoms with Crippen LogP contribution in [-0.4, -0.2) is 58.1 Å². The average molecular weight is 518 g/mol. The highest BCUT2D eigenvalue weighted by Gasteiger charge is 2.26. The summed E-state index contributed by atoms with van der Waals surface area (Å²) < 4.78 is 7.98. The van der Waals surface area contributed by atoms with Crippen LogP contribution in [0.5, 0.6) is 5.75 Å². The third-order valence-corrected chi connectivity index (χ3v) is 7.40. The Morgan fingerprint density at radius 1 is 0.821 bits per heavy atom. The molecule has 5 aromatic rings. The van der Waals surface area contributed by atoms with Crippen LogP contribution >= 0.6 is 0 Å². The molecule has 0 unspecified atom stereocenters. The van der Waals surface area contributed by atoms with Crippen molar-refractivity contribution in [2.75, 3.05) is 37.7 Å². The second kappa shape index (κ2) is 10.6. The van der Waals surface area contributed by atoms with Crippen LogP contribution in [0.15, 0.2) is 91.4 Å². The quantitative estimate of drug-likeness (QED) is 0.301. The molecule has 196 valence electrons. The normalized spacial score (nSPS) is 13.6. The number of piperazine rings is 1. The molecule has 3 aromatic carbocycles. The van der Waals surface area contributed by atoms with E-state index < -0.39 is 0 Å². The van der Waals surface area contributed by atoms with Gasteiger partial charge in [0, 0.05) is 43.6 Å². The Morgan fingerprint density at radius 2 is 1.51 bits per heavy atom. The molecule has 2 aromatic heterocycles. The number of anilines is 1. The number of amides is 1. The molecule has 0 bridgehead atoms. The first-order chi connectivity index (χ1) is 19.1. The Bertz CT molecular complexity index is 1620. The monoisotopic (exact) mass is 517 g/mol. The van der Waals surface area contributed by atoms with Crippen LogP contribution in [0, 0.1) is 13.8 Å². The maximum Gasteiger partial charge on any atom is 0.260 e. The zero-order valence-corrected chi connectivity index (χ0v) is 22.2. The minimum absolute atomic E-state index is 0.00131. The van der Waals surface area contributed by atoms with Crippen molar-refractivity contribution in [1.82, 2.24) is 19.4 Å². The third-order valence-electron chi connectivity index (χ3n) is 7.40. The average Bonchev–Trinajstić information content (AvgIpc) is 3.37. The van der Waals surface area contributed by atoms with Crippen molar-refractivity contribution in [3.63, 3.8) is 0 Å². The summed E-state index contributed by atoms with van der Waals surface area (Å²) in [5, 5.41) is 1.02. The summed E-state index contributed by atoms with van der Waals surface area (Å²) in [4.78, 5) is 26.6. The minimum Gasteiger partial charge on any atom is -0.484 e. The molecule has 1 fully saturated rings. The smallest absolute Gasteiger partial charge is 0.260 e. The van der Waals surface area contributed by atoms with Gasteiger partial charge in [0.05, 0.1) is 5.39 Å². The number of aromatic nitrogens is 3. The second-order valence-corrected chi connectivity index (χ2v) is 9.88. The lowest BCUT2D eigenvalue weighted by Gasteiger charge is -2.35. The van der Waals surface area contributed by atoms with Gasteiger partial charge in [-0.1, -0.05) is 66.7 Å². The zero-order chi connectivity index (χ0) is 26.8. The first-order valence-corrected chi connectivity index (χ1v) is 13.3. The number of hydrogen-bond acceptors (Lipinski definition) is 5. The van der Waals surface area contributed by atoms with Gasteiger partial charge in [0.15, 0.2) is 12.3 Å². The maximum atomic E-state index is 12.9. The summed E-state index contributed by atoms with van der Waals surface area (Å²) in [6, 6.07) is 26.5. The molecular formula is C32H31N5O2. The number of rotatable bonds is 6. The molecule has 7 heteroatoms. The summed E-state index contributed by atoms with van der Waals surface area (Å²) >= 11 is 0. The molecule has 0 saturated carbocycles. The Morgan fingerprint density at radius 3 is 2.26 bits per heavy atom. The van der Waals surface area contributed by atoms with Crippen molar-refractivity contribution in [3.8, 4) is 22.6 Å². The molecule has 7 nitrogen and oxygen atoms in total. The molecule has 1 saturated heterocycles. The molecule has 6 rings (SSSR count). The molecule has 0 radical (unpaired) electrons. The van der Waals surface area contributed by atoms with E-state index in [2.05, 4.69) is 71.1 Å². The molecule has 1 aliphatic heterocycles. The number of para-hydroxylation sites is 2. The van der Waals surface area contributed by atoms with Crippen molar-refractivity contribution in [1.29, 1.82) is 0 Å². The van der Waals surface area contributed by atoms with Gasteiger partial charge in [0.1, 0.15) is 17.9 Å². The summed E-state index contributed by atoms with van der Waals surface area (Å²) in [5.74, 6) is 1.65. The van der Waals surface area contributed by atoms with Gasteiger partial charge in [-0.15, -0.1) is 0 Å². The van der Waals surface area contributed by atoms with E-state index in [1.807, 2.05) is 42.2 Å². The van der Waals surface area contributed by atoms with Crippen molar-refractivity contribution in [2.45, 2.75) is 13.8 Å². The molecule has 39 heavy (non-hydrogen) atoms. The highest BCUT2D eigenvalue weighted by atomic mass is 16.5. The summed E-state index contributed by atoms with van der Waals surface area (Å²) in [6.07, 6.45) is 3.82. The Labute approximate surface area is 228 Å². The van der Waals surface area contributed by atoms with E-state index in [0.29, 0.717) is 26.2 Å². The molecule has 1 amide bonds. The van der Waals surface area contributed by atoms with Crippen molar-refractivity contribution in [2.24, 2.45) is 0 Å². The lowest BCUT2D eigenvalue weighted by Crippen LogP contribution is -2.50. The van der Waals surface area contributed by atoms with Crippen molar-refractivity contribution >= 4 is 22.8 Å². The van der Waals surface area contributed by atoms with E-state index in [1.54, 1.807) is 6.33 Å². The predicted octanol–water partition coefficient (Wildman–Crippen LogP) is 5.43. The summed E-state index contributed by atoms with van der Waals surface area (Å²) in [6.45, 7) is 6.74. The zero-order valence-electron chi connectivity index (χ0n) is 22.2. The van der Waals surface area contributed by atoms with Gasteiger partial charge in [-0.2, -0.15) is 0 Å². The van der Waals surface area contributed by atoms with Gasteiger partial charge in [0.2, 0.25) is 0 Å². The third kappa shape index (κ3) is 4.83. The predicted molar refractivity (Wildman–Crippen MR) is 155 cm³/mol. The van der Waals surface area contributed by atoms with Gasteiger partial charge in [-0.25, -0.2) is 9.97 Å². The van der Waals surface area contributed by atoms with E-state index in [9.17, 15) is 4.79 Å². The number of benzene rings is 3. The van der Waals surface area contributed by atoms with Crippen LogP contribution in [0.2, 0.25) is 0 Å². The van der Waals surface area contributed by atoms with Gasteiger partial charge in [-0.3, -0.25) is 4.79 Å². The first kappa shape index (κ1) is 24.7. The van der Waals surface area contributed by atoms with E-state index in [-0.39, 0.29) is 12.5 Å². The van der Waals surface area contributed by atoms with Crippen LogP contribution in [0.4, 0.5) is 5.82 Å². The minimum atomic E-state index is 0.00131. The fourth-order valence-electron chi connectivity index (χ4n) is 5.26. The molecule has 0 N–H and O–H groups in total. The number of carbonyl (C=O) groups excluding carboxylic acids is 1. The topological polar surface area (TPSA) is 63.5 Å². The van der Waals surface area contributed by atoms with Crippen LogP contribution in [0.3, 0.4) is 0 Å². The molecule has 0 aliphatic carbocycles. The molecule has 3 heterocycles. The SMILES string of the molecule is Cc1ccccc1OCC(=O)N1CCN(c2ncnc3c2c(-c2ccccc2)cn3-c2ccccc2C)CC1. The van der Waals surface area contributed by atoms with Crippen LogP contribution in [0.25, 0.3) is 27.8 Å². The van der Waals surface area contributed by atoms with Gasteiger partial charge < -0.3 is 19.1 Å². The summed E-state index contributed by atoms with van der Waals surface area (Å²) in [7, 11) is 0. The Balaban J connectivity index is 1.28. The van der Waals surface area contributed by atoms with Crippen molar-refractivity contribution in [3.05, 3.63) is 103 Å². The second-order valence-electron chi connectivity index (χ2n) is 9.88. The first-order valence-electron chi connectivity index (χ1n) is 13.3. The Kier molecular flexibility index (Phi) is 6.71. The molecular weight excluding hydrogens is 486 g/mol. The van der Waals surface area contributed by atoms with Crippen molar-refractivity contribution < 1.29 is 9.53 Å². The highest BCUT2D eigenvalue weighted by Crippen LogP contribution is 2.37. The maximum absolute atomic E-state index is 12.9. The number of fused-ring (bicyclic) bond motifs is 1. The molecule has 1 aliphatic rings. The van der Waals surface area contributed by atoms with E-state index in [4.69, 9.17) is 14.7 Å². The highest BCUT2D eigenvalue weighted by molar-refractivity contribution is 6.02. The number of hydrogen-bond donors (Lipinski definition) is 0. The van der Waals surface area contributed by atoms with Gasteiger partial charge in [0.25, 0.3) is 5.91 Å². The van der Waals surface area contributed by atoms with E-state index >= 15 is 0 Å². The number of aryl methyl sites for hydroxylation is 2. The van der Waals surface area contributed by atoms with Crippen LogP contribution in [0.1, 0.15) is 11.1 Å². The molecule has 0 atom stereocenters. The van der Waals surface area contributed by atoms with E-state index in [0.717, 1.165) is 45.0 Å². The number of ether oxygens (including phenoxy) is 1. The largest absolute Gasteiger partial charge is 0.484 e. The lowest BCUT2D eigenvalue weighted by atomic mass is 10.1. The molecule has 0 spiro atoms. The fourth-order valence-corrected chi connectivity index (χ4v) is 5.26. The van der Waals surface area contributed by atoms with Crippen LogP contribution in [-0.2, 0) is 4.79 Å². The van der Waals surface area contributed by atoms with Crippen LogP contribution < -0.4 is 9.64 Å². The fraction of sp³-hybridized carbons (Fsp3) is 0.219. The lowest BCUT2D eigenvalue weighted by molar-refractivity contribution is -0.133. The summed E-state index contributed by atoms with van der Waals surface area (Å²) in [5.41, 5.74) is 6.38. The van der Waals surface area contributed by atoms with E-state index in [1.165, 1.54) is 5.56 Å².